The molecule has 0 spiro atoms. The quantitative estimate of drug-likeness (QED) is 0.689. The summed E-state index contributed by atoms with van der Waals surface area (Å²) in [6, 6.07) is 13.0. The Morgan fingerprint density at radius 3 is 2.48 bits per heavy atom. The molecule has 0 bridgehead atoms. The van der Waals surface area contributed by atoms with E-state index in [-0.39, 0.29) is 11.8 Å². The fraction of sp³-hybridized carbons (Fsp3) is 0.150. The van der Waals surface area contributed by atoms with Gasteiger partial charge >= 0.3 is 0 Å². The van der Waals surface area contributed by atoms with Crippen LogP contribution in [0.25, 0.3) is 10.6 Å². The molecule has 0 saturated carbocycles. The maximum absolute atomic E-state index is 12.6. The molecule has 0 radical (unpaired) electrons. The normalized spacial score (nSPS) is 10.3. The minimum atomic E-state index is -0.345. The van der Waals surface area contributed by atoms with E-state index in [1.54, 1.807) is 23.6 Å². The summed E-state index contributed by atoms with van der Waals surface area (Å²) in [5.41, 5.74) is 3.48. The highest BCUT2D eigenvalue weighted by Crippen LogP contribution is 2.29. The molecular formula is C20H19N3O3S. The van der Waals surface area contributed by atoms with Crippen LogP contribution in [0.1, 0.15) is 23.0 Å². The number of hydrogen-bond acceptors (Lipinski definition) is 5. The number of thiazole rings is 1. The lowest BCUT2D eigenvalue weighted by Crippen LogP contribution is -2.14. The van der Waals surface area contributed by atoms with Crippen molar-refractivity contribution in [3.63, 3.8) is 0 Å². The molecule has 3 rings (SSSR count). The van der Waals surface area contributed by atoms with Crippen molar-refractivity contribution in [2.24, 2.45) is 0 Å². The first-order chi connectivity index (χ1) is 13.0. The zero-order valence-electron chi connectivity index (χ0n) is 15.2. The van der Waals surface area contributed by atoms with Gasteiger partial charge in [0, 0.05) is 23.6 Å². The molecule has 0 fully saturated rings. The molecule has 0 aliphatic rings. The fourth-order valence-corrected chi connectivity index (χ4v) is 3.29. The van der Waals surface area contributed by atoms with Gasteiger partial charge in [0.25, 0.3) is 5.91 Å². The smallest absolute Gasteiger partial charge is 0.275 e. The van der Waals surface area contributed by atoms with Crippen molar-refractivity contribution in [2.45, 2.75) is 13.8 Å². The molecule has 2 N–H and O–H groups in total. The van der Waals surface area contributed by atoms with Gasteiger partial charge in [-0.3, -0.25) is 9.59 Å². The minimum Gasteiger partial charge on any atom is -0.495 e. The minimum absolute atomic E-state index is 0.195. The maximum atomic E-state index is 12.6. The zero-order valence-corrected chi connectivity index (χ0v) is 16.0. The molecule has 138 valence electrons. The summed E-state index contributed by atoms with van der Waals surface area (Å²) < 4.78 is 5.28. The molecule has 0 atom stereocenters. The summed E-state index contributed by atoms with van der Waals surface area (Å²) in [4.78, 5) is 28.3. The Labute approximate surface area is 161 Å². The second-order valence-corrected chi connectivity index (χ2v) is 6.81. The van der Waals surface area contributed by atoms with Crippen molar-refractivity contribution in [3.05, 3.63) is 59.1 Å². The zero-order chi connectivity index (χ0) is 19.4. The average molecular weight is 381 g/mol. The molecule has 2 amide bonds. The van der Waals surface area contributed by atoms with Crippen molar-refractivity contribution in [1.82, 2.24) is 4.98 Å². The van der Waals surface area contributed by atoms with Crippen LogP contribution in [0.4, 0.5) is 11.4 Å². The molecular weight excluding hydrogens is 362 g/mol. The van der Waals surface area contributed by atoms with E-state index in [9.17, 15) is 9.59 Å². The summed E-state index contributed by atoms with van der Waals surface area (Å²) in [6.07, 6.45) is 0. The number of ether oxygens (including phenoxy) is 1. The van der Waals surface area contributed by atoms with E-state index in [1.807, 2.05) is 31.2 Å². The molecule has 0 aliphatic heterocycles. The monoisotopic (exact) mass is 381 g/mol. The van der Waals surface area contributed by atoms with Crippen LogP contribution in [0, 0.1) is 6.92 Å². The second kappa shape index (κ2) is 8.01. The number of anilines is 2. The first-order valence-corrected chi connectivity index (χ1v) is 9.14. The number of nitrogens with zero attached hydrogens (tertiary/aromatic N) is 1. The summed E-state index contributed by atoms with van der Waals surface area (Å²) in [7, 11) is 1.52. The number of hydrogen-bond donors (Lipinski definition) is 2. The summed E-state index contributed by atoms with van der Waals surface area (Å²) in [5, 5.41) is 7.97. The van der Waals surface area contributed by atoms with Crippen LogP contribution in [0.2, 0.25) is 0 Å². The van der Waals surface area contributed by atoms with Crippen molar-refractivity contribution in [2.75, 3.05) is 17.7 Å². The van der Waals surface area contributed by atoms with Crippen LogP contribution < -0.4 is 15.4 Å². The van der Waals surface area contributed by atoms with Crippen LogP contribution in [0.5, 0.6) is 5.75 Å². The van der Waals surface area contributed by atoms with Crippen LogP contribution in [-0.4, -0.2) is 23.9 Å². The topological polar surface area (TPSA) is 80.3 Å². The van der Waals surface area contributed by atoms with E-state index < -0.39 is 0 Å². The molecule has 1 heterocycles. The largest absolute Gasteiger partial charge is 0.495 e. The van der Waals surface area contributed by atoms with Gasteiger partial charge in [-0.25, -0.2) is 4.98 Å². The first-order valence-electron chi connectivity index (χ1n) is 8.26. The Balaban J connectivity index is 1.81. The first kappa shape index (κ1) is 18.6. The van der Waals surface area contributed by atoms with E-state index in [0.717, 1.165) is 10.6 Å². The molecule has 2 aromatic carbocycles. The van der Waals surface area contributed by atoms with Crippen molar-refractivity contribution in [1.29, 1.82) is 0 Å². The van der Waals surface area contributed by atoms with E-state index in [1.165, 1.54) is 30.9 Å². The van der Waals surface area contributed by atoms with E-state index in [0.29, 0.717) is 22.8 Å². The number of methoxy groups -OCH3 is 1. The number of rotatable bonds is 5. The number of nitrogens with one attached hydrogen (secondary N) is 2. The number of aryl methyl sites for hydroxylation is 1. The van der Waals surface area contributed by atoms with Crippen LogP contribution in [0.3, 0.4) is 0 Å². The van der Waals surface area contributed by atoms with Crippen molar-refractivity contribution >= 4 is 34.5 Å². The number of benzene rings is 2. The Morgan fingerprint density at radius 2 is 1.81 bits per heavy atom. The predicted molar refractivity (Wildman–Crippen MR) is 108 cm³/mol. The molecule has 1 aromatic heterocycles. The number of amides is 2. The van der Waals surface area contributed by atoms with Gasteiger partial charge in [-0.05, 0) is 25.1 Å². The number of aromatic nitrogens is 1. The van der Waals surface area contributed by atoms with Crippen LogP contribution >= 0.6 is 11.3 Å². The lowest BCUT2D eigenvalue weighted by molar-refractivity contribution is -0.114. The molecule has 3 aromatic rings. The van der Waals surface area contributed by atoms with Crippen molar-refractivity contribution < 1.29 is 14.3 Å². The highest BCUT2D eigenvalue weighted by molar-refractivity contribution is 7.13. The summed E-state index contributed by atoms with van der Waals surface area (Å²) in [6.45, 7) is 3.44. The summed E-state index contributed by atoms with van der Waals surface area (Å²) >= 11 is 1.41. The Hall–Kier alpha value is -3.19. The second-order valence-electron chi connectivity index (χ2n) is 5.95. The van der Waals surface area contributed by atoms with E-state index in [2.05, 4.69) is 15.6 Å². The Morgan fingerprint density at radius 1 is 1.07 bits per heavy atom. The van der Waals surface area contributed by atoms with Crippen LogP contribution in [-0.2, 0) is 4.79 Å². The molecule has 27 heavy (non-hydrogen) atoms. The van der Waals surface area contributed by atoms with Gasteiger partial charge in [0.05, 0.1) is 12.8 Å². The fourth-order valence-electron chi connectivity index (χ4n) is 2.48. The molecule has 6 nitrogen and oxygen atoms in total. The van der Waals surface area contributed by atoms with Gasteiger partial charge in [0.1, 0.15) is 16.5 Å². The molecule has 0 aliphatic carbocycles. The van der Waals surface area contributed by atoms with E-state index in [4.69, 9.17) is 4.74 Å². The third-order valence-electron chi connectivity index (χ3n) is 3.80. The van der Waals surface area contributed by atoms with Crippen LogP contribution in [0.15, 0.2) is 47.8 Å². The van der Waals surface area contributed by atoms with Crippen molar-refractivity contribution in [3.8, 4) is 16.3 Å². The third-order valence-corrected chi connectivity index (χ3v) is 4.69. The molecule has 7 heteroatoms. The van der Waals surface area contributed by atoms with Gasteiger partial charge in [0.15, 0.2) is 0 Å². The van der Waals surface area contributed by atoms with Gasteiger partial charge in [0.2, 0.25) is 5.91 Å². The third kappa shape index (κ3) is 4.51. The standard InChI is InChI=1S/C20H19N3O3S/c1-12-4-6-14(7-5-12)20-23-17(11-27-20)19(25)22-16-10-15(21-13(2)24)8-9-18(16)26-3/h4-11H,1-3H3,(H,21,24)(H,22,25). The SMILES string of the molecule is COc1ccc(NC(C)=O)cc1NC(=O)c1csc(-c2ccc(C)cc2)n1. The Kier molecular flexibility index (Phi) is 5.52. The maximum Gasteiger partial charge on any atom is 0.275 e. The van der Waals surface area contributed by atoms with Gasteiger partial charge < -0.3 is 15.4 Å². The number of carbonyl (C=O) groups is 2. The van der Waals surface area contributed by atoms with Gasteiger partial charge in [-0.2, -0.15) is 0 Å². The predicted octanol–water partition coefficient (Wildman–Crippen LogP) is 4.34. The van der Waals surface area contributed by atoms with Gasteiger partial charge in [-0.1, -0.05) is 29.8 Å². The van der Waals surface area contributed by atoms with E-state index >= 15 is 0 Å². The lowest BCUT2D eigenvalue weighted by Gasteiger charge is -2.11. The Bertz CT molecular complexity index is 980. The lowest BCUT2D eigenvalue weighted by atomic mass is 10.2. The molecule has 0 saturated heterocycles. The number of carbonyl (C=O) groups excluding carboxylic acids is 2. The summed E-state index contributed by atoms with van der Waals surface area (Å²) in [5.74, 6) is -0.0472. The highest BCUT2D eigenvalue weighted by atomic mass is 32.1. The van der Waals surface area contributed by atoms with Gasteiger partial charge in [-0.15, -0.1) is 11.3 Å². The average Bonchev–Trinajstić information content (AvgIpc) is 3.12. The molecule has 0 unspecified atom stereocenters. The highest BCUT2D eigenvalue weighted by Gasteiger charge is 2.15.